The van der Waals surface area contributed by atoms with Gasteiger partial charge in [-0.2, -0.15) is 0 Å². The van der Waals surface area contributed by atoms with Gasteiger partial charge in [0.25, 0.3) is 0 Å². The minimum Gasteiger partial charge on any atom is -0.314 e. The van der Waals surface area contributed by atoms with Gasteiger partial charge in [0.05, 0.1) is 0 Å². The number of rotatable bonds is 2. The minimum absolute atomic E-state index is 0.713. The third-order valence-electron chi connectivity index (χ3n) is 2.75. The summed E-state index contributed by atoms with van der Waals surface area (Å²) < 4.78 is 0. The lowest BCUT2D eigenvalue weighted by molar-refractivity contribution is 0.249. The Kier molecular flexibility index (Phi) is 2.13. The fraction of sp³-hybridized carbons (Fsp3) is 0.455. The van der Waals surface area contributed by atoms with Crippen LogP contribution in [0.4, 0.5) is 0 Å². The van der Waals surface area contributed by atoms with Crippen LogP contribution in [-0.4, -0.2) is 12.6 Å². The van der Waals surface area contributed by atoms with Crippen molar-refractivity contribution in [2.45, 2.75) is 19.4 Å². The molecule has 1 heteroatoms. The second-order valence-corrected chi connectivity index (χ2v) is 3.65. The highest BCUT2D eigenvalue weighted by Crippen LogP contribution is 2.17. The lowest BCUT2D eigenvalue weighted by atomic mass is 9.87. The molecule has 0 saturated carbocycles. The van der Waals surface area contributed by atoms with Gasteiger partial charge in [-0.25, -0.2) is 0 Å². The number of hydrogen-bond donors (Lipinski definition) is 1. The molecule has 1 aliphatic rings. The predicted molar refractivity (Wildman–Crippen MR) is 51.1 cm³/mol. The maximum Gasteiger partial charge on any atom is 0.00824 e. The van der Waals surface area contributed by atoms with Crippen molar-refractivity contribution in [3.63, 3.8) is 0 Å². The van der Waals surface area contributed by atoms with Crippen molar-refractivity contribution < 1.29 is 0 Å². The summed E-state index contributed by atoms with van der Waals surface area (Å²) in [5.74, 6) is 0.854. The van der Waals surface area contributed by atoms with E-state index in [0.717, 1.165) is 5.92 Å². The van der Waals surface area contributed by atoms with Crippen LogP contribution < -0.4 is 5.32 Å². The molecule has 1 aliphatic heterocycles. The first-order valence-corrected chi connectivity index (χ1v) is 4.63. The highest BCUT2D eigenvalue weighted by molar-refractivity contribution is 5.16. The van der Waals surface area contributed by atoms with Gasteiger partial charge in [0, 0.05) is 12.6 Å². The molecule has 1 aromatic rings. The molecule has 2 atom stereocenters. The Morgan fingerprint density at radius 2 is 2.08 bits per heavy atom. The smallest absolute Gasteiger partial charge is 0.00824 e. The van der Waals surface area contributed by atoms with Crippen LogP contribution in [0.1, 0.15) is 12.5 Å². The maximum atomic E-state index is 3.38. The van der Waals surface area contributed by atoms with Crippen molar-refractivity contribution in [3.8, 4) is 0 Å². The average Bonchev–Trinajstić information content (AvgIpc) is 2.14. The van der Waals surface area contributed by atoms with E-state index in [1.165, 1.54) is 18.5 Å². The lowest BCUT2D eigenvalue weighted by Crippen LogP contribution is -2.51. The van der Waals surface area contributed by atoms with E-state index in [-0.39, 0.29) is 0 Å². The zero-order valence-corrected chi connectivity index (χ0v) is 7.46. The van der Waals surface area contributed by atoms with Crippen molar-refractivity contribution in [1.29, 1.82) is 0 Å². The van der Waals surface area contributed by atoms with E-state index < -0.39 is 0 Å². The van der Waals surface area contributed by atoms with Gasteiger partial charge in [-0.1, -0.05) is 30.3 Å². The molecule has 0 aromatic heterocycles. The fourth-order valence-corrected chi connectivity index (χ4v) is 1.69. The first-order valence-electron chi connectivity index (χ1n) is 4.63. The molecular weight excluding hydrogens is 146 g/mol. The number of hydrogen-bond acceptors (Lipinski definition) is 1. The molecule has 1 aromatic carbocycles. The van der Waals surface area contributed by atoms with Crippen molar-refractivity contribution in [3.05, 3.63) is 35.9 Å². The van der Waals surface area contributed by atoms with Gasteiger partial charge < -0.3 is 5.32 Å². The van der Waals surface area contributed by atoms with Crippen LogP contribution in [0.3, 0.4) is 0 Å². The van der Waals surface area contributed by atoms with E-state index in [4.69, 9.17) is 0 Å². The summed E-state index contributed by atoms with van der Waals surface area (Å²) in [6.07, 6.45) is 1.23. The summed E-state index contributed by atoms with van der Waals surface area (Å²) in [5, 5.41) is 3.38. The molecular formula is C11H15N. The average molecular weight is 161 g/mol. The molecule has 2 rings (SSSR count). The lowest BCUT2D eigenvalue weighted by Gasteiger charge is -2.35. The second kappa shape index (κ2) is 3.28. The van der Waals surface area contributed by atoms with E-state index in [1.807, 2.05) is 0 Å². The molecule has 0 amide bonds. The SMILES string of the molecule is CC1NCC1Cc1ccccc1. The molecule has 1 nitrogen and oxygen atoms in total. The van der Waals surface area contributed by atoms with E-state index >= 15 is 0 Å². The van der Waals surface area contributed by atoms with Crippen LogP contribution in [0.2, 0.25) is 0 Å². The molecule has 0 bridgehead atoms. The summed E-state index contributed by atoms with van der Waals surface area (Å²) in [6.45, 7) is 3.45. The molecule has 1 heterocycles. The summed E-state index contributed by atoms with van der Waals surface area (Å²) in [7, 11) is 0. The molecule has 1 saturated heterocycles. The summed E-state index contributed by atoms with van der Waals surface area (Å²) in [6, 6.07) is 11.4. The van der Waals surface area contributed by atoms with Crippen LogP contribution >= 0.6 is 0 Å². The van der Waals surface area contributed by atoms with Crippen molar-refractivity contribution in [2.75, 3.05) is 6.54 Å². The van der Waals surface area contributed by atoms with E-state index in [0.29, 0.717) is 6.04 Å². The Bertz CT molecular complexity index is 242. The molecule has 0 aliphatic carbocycles. The summed E-state index contributed by atoms with van der Waals surface area (Å²) >= 11 is 0. The van der Waals surface area contributed by atoms with Gasteiger partial charge in [-0.3, -0.25) is 0 Å². The Balaban J connectivity index is 1.95. The van der Waals surface area contributed by atoms with Crippen LogP contribution in [0, 0.1) is 5.92 Å². The van der Waals surface area contributed by atoms with Crippen LogP contribution in [-0.2, 0) is 6.42 Å². The van der Waals surface area contributed by atoms with Crippen LogP contribution in [0.5, 0.6) is 0 Å². The van der Waals surface area contributed by atoms with Gasteiger partial charge in [0.1, 0.15) is 0 Å². The van der Waals surface area contributed by atoms with Crippen molar-refractivity contribution >= 4 is 0 Å². The fourth-order valence-electron chi connectivity index (χ4n) is 1.69. The van der Waals surface area contributed by atoms with E-state index in [9.17, 15) is 0 Å². The van der Waals surface area contributed by atoms with Gasteiger partial charge in [0.2, 0.25) is 0 Å². The van der Waals surface area contributed by atoms with Gasteiger partial charge in [-0.15, -0.1) is 0 Å². The highest BCUT2D eigenvalue weighted by Gasteiger charge is 2.25. The van der Waals surface area contributed by atoms with Crippen LogP contribution in [0.15, 0.2) is 30.3 Å². The Labute approximate surface area is 73.8 Å². The predicted octanol–water partition coefficient (Wildman–Crippen LogP) is 1.84. The topological polar surface area (TPSA) is 12.0 Å². The Morgan fingerprint density at radius 1 is 1.33 bits per heavy atom. The Morgan fingerprint density at radius 3 is 2.58 bits per heavy atom. The molecule has 64 valence electrons. The number of nitrogens with one attached hydrogen (secondary N) is 1. The molecule has 12 heavy (non-hydrogen) atoms. The molecule has 0 radical (unpaired) electrons. The third kappa shape index (κ3) is 1.51. The highest BCUT2D eigenvalue weighted by atomic mass is 15.0. The quantitative estimate of drug-likeness (QED) is 0.698. The Hall–Kier alpha value is -0.820. The monoisotopic (exact) mass is 161 g/mol. The zero-order valence-electron chi connectivity index (χ0n) is 7.46. The molecule has 0 spiro atoms. The van der Waals surface area contributed by atoms with Gasteiger partial charge >= 0.3 is 0 Å². The molecule has 1 N–H and O–H groups in total. The summed E-state index contributed by atoms with van der Waals surface area (Å²) in [4.78, 5) is 0. The van der Waals surface area contributed by atoms with E-state index in [1.54, 1.807) is 0 Å². The summed E-state index contributed by atoms with van der Waals surface area (Å²) in [5.41, 5.74) is 1.47. The standard InChI is InChI=1S/C11H15N/c1-9-11(8-12-9)7-10-5-3-2-4-6-10/h2-6,9,11-12H,7-8H2,1H3. The van der Waals surface area contributed by atoms with Crippen LogP contribution in [0.25, 0.3) is 0 Å². The van der Waals surface area contributed by atoms with Gasteiger partial charge in [0.15, 0.2) is 0 Å². The first-order chi connectivity index (χ1) is 5.86. The maximum absolute atomic E-state index is 3.38. The second-order valence-electron chi connectivity index (χ2n) is 3.65. The molecule has 2 unspecified atom stereocenters. The zero-order chi connectivity index (χ0) is 8.39. The van der Waals surface area contributed by atoms with Crippen molar-refractivity contribution in [1.82, 2.24) is 5.32 Å². The van der Waals surface area contributed by atoms with Gasteiger partial charge in [-0.05, 0) is 24.8 Å². The van der Waals surface area contributed by atoms with Crippen molar-refractivity contribution in [2.24, 2.45) is 5.92 Å². The van der Waals surface area contributed by atoms with E-state index in [2.05, 4.69) is 42.6 Å². The number of benzene rings is 1. The first kappa shape index (κ1) is 7.81. The minimum atomic E-state index is 0.713. The normalized spacial score (nSPS) is 28.1. The molecule has 1 fully saturated rings. The largest absolute Gasteiger partial charge is 0.314 e. The third-order valence-corrected chi connectivity index (χ3v) is 2.75.